The van der Waals surface area contributed by atoms with Gasteiger partial charge in [-0.15, -0.1) is 0 Å². The number of carbonyl (C=O) groups excluding carboxylic acids is 2. The maximum absolute atomic E-state index is 11.7. The van der Waals surface area contributed by atoms with Crippen LogP contribution < -0.4 is 0 Å². The Hall–Kier alpha value is -0.860. The zero-order valence-electron chi connectivity index (χ0n) is 8.70. The molecule has 1 aliphatic rings. The first-order valence-corrected chi connectivity index (χ1v) is 4.81. The zero-order valence-corrected chi connectivity index (χ0v) is 8.70. The van der Waals surface area contributed by atoms with E-state index in [1.54, 1.807) is 0 Å². The normalized spacial score (nSPS) is 23.8. The van der Waals surface area contributed by atoms with Crippen LogP contribution in [-0.2, 0) is 9.59 Å². The predicted octanol–water partition coefficient (Wildman–Crippen LogP) is 1.43. The van der Waals surface area contributed by atoms with Crippen molar-refractivity contribution >= 4 is 11.8 Å². The number of likely N-dealkylation sites (tertiary alicyclic amines) is 1. The van der Waals surface area contributed by atoms with Crippen LogP contribution in [0.5, 0.6) is 0 Å². The van der Waals surface area contributed by atoms with Gasteiger partial charge in [-0.1, -0.05) is 13.8 Å². The van der Waals surface area contributed by atoms with Crippen LogP contribution in [0.15, 0.2) is 0 Å². The van der Waals surface area contributed by atoms with E-state index in [2.05, 4.69) is 0 Å². The van der Waals surface area contributed by atoms with Crippen LogP contribution >= 0.6 is 0 Å². The standard InChI is InChI=1S/C10H17NO2/c1-6(2)8-5-9(12)11(7(3)4)10(8)13/h6-8H,5H2,1-4H3. The molecule has 1 rings (SSSR count). The maximum atomic E-state index is 11.7. The van der Waals surface area contributed by atoms with Crippen molar-refractivity contribution in [3.63, 3.8) is 0 Å². The Bertz CT molecular complexity index is 233. The van der Waals surface area contributed by atoms with Gasteiger partial charge in [0.15, 0.2) is 0 Å². The fourth-order valence-electron chi connectivity index (χ4n) is 1.74. The summed E-state index contributed by atoms with van der Waals surface area (Å²) >= 11 is 0. The summed E-state index contributed by atoms with van der Waals surface area (Å²) in [5, 5.41) is 0. The van der Waals surface area contributed by atoms with Crippen LogP contribution in [0.1, 0.15) is 34.1 Å². The summed E-state index contributed by atoms with van der Waals surface area (Å²) < 4.78 is 0. The number of rotatable bonds is 2. The Morgan fingerprint density at radius 2 is 1.77 bits per heavy atom. The van der Waals surface area contributed by atoms with E-state index in [-0.39, 0.29) is 29.7 Å². The van der Waals surface area contributed by atoms with E-state index < -0.39 is 0 Å². The monoisotopic (exact) mass is 183 g/mol. The van der Waals surface area contributed by atoms with Crippen molar-refractivity contribution in [1.82, 2.24) is 4.90 Å². The molecule has 0 radical (unpaired) electrons. The summed E-state index contributed by atoms with van der Waals surface area (Å²) in [7, 11) is 0. The molecule has 3 heteroatoms. The summed E-state index contributed by atoms with van der Waals surface area (Å²) in [4.78, 5) is 24.5. The minimum Gasteiger partial charge on any atom is -0.280 e. The van der Waals surface area contributed by atoms with E-state index in [0.29, 0.717) is 6.42 Å². The molecule has 3 nitrogen and oxygen atoms in total. The lowest BCUT2D eigenvalue weighted by atomic mass is 9.94. The first kappa shape index (κ1) is 10.2. The van der Waals surface area contributed by atoms with Crippen LogP contribution in [0, 0.1) is 11.8 Å². The molecule has 0 aromatic rings. The quantitative estimate of drug-likeness (QED) is 0.607. The van der Waals surface area contributed by atoms with Crippen molar-refractivity contribution in [3.8, 4) is 0 Å². The average Bonchev–Trinajstić information content (AvgIpc) is 2.26. The third-order valence-electron chi connectivity index (χ3n) is 2.54. The van der Waals surface area contributed by atoms with Crippen LogP contribution in [0.4, 0.5) is 0 Å². The van der Waals surface area contributed by atoms with E-state index in [4.69, 9.17) is 0 Å². The second kappa shape index (κ2) is 3.48. The van der Waals surface area contributed by atoms with Crippen molar-refractivity contribution in [1.29, 1.82) is 0 Å². The number of nitrogens with zero attached hydrogens (tertiary/aromatic N) is 1. The van der Waals surface area contributed by atoms with Gasteiger partial charge in [0.05, 0.1) is 0 Å². The predicted molar refractivity (Wildman–Crippen MR) is 49.9 cm³/mol. The van der Waals surface area contributed by atoms with Crippen molar-refractivity contribution in [2.24, 2.45) is 11.8 Å². The van der Waals surface area contributed by atoms with Gasteiger partial charge in [-0.3, -0.25) is 14.5 Å². The molecule has 0 spiro atoms. The SMILES string of the molecule is CC(C)C1CC(=O)N(C(C)C)C1=O. The molecule has 74 valence electrons. The second-order valence-corrected chi connectivity index (χ2v) is 4.25. The summed E-state index contributed by atoms with van der Waals surface area (Å²) in [5.41, 5.74) is 0. The second-order valence-electron chi connectivity index (χ2n) is 4.25. The van der Waals surface area contributed by atoms with Gasteiger partial charge in [-0.05, 0) is 19.8 Å². The van der Waals surface area contributed by atoms with Gasteiger partial charge in [0.2, 0.25) is 11.8 Å². The van der Waals surface area contributed by atoms with E-state index in [0.717, 1.165) is 0 Å². The van der Waals surface area contributed by atoms with Gasteiger partial charge < -0.3 is 0 Å². The molecular formula is C10H17NO2. The Morgan fingerprint density at radius 1 is 1.23 bits per heavy atom. The molecule has 0 aromatic carbocycles. The van der Waals surface area contributed by atoms with Gasteiger partial charge in [-0.2, -0.15) is 0 Å². The Kier molecular flexibility index (Phi) is 2.74. The van der Waals surface area contributed by atoms with Gasteiger partial charge >= 0.3 is 0 Å². The number of hydrogen-bond donors (Lipinski definition) is 0. The molecule has 13 heavy (non-hydrogen) atoms. The summed E-state index contributed by atoms with van der Waals surface area (Å²) in [6, 6.07) is 0.00347. The Balaban J connectivity index is 2.82. The average molecular weight is 183 g/mol. The molecule has 0 aliphatic carbocycles. The highest BCUT2D eigenvalue weighted by Crippen LogP contribution is 2.27. The van der Waals surface area contributed by atoms with E-state index in [1.165, 1.54) is 4.90 Å². The minimum absolute atomic E-state index is 0.00347. The first-order valence-electron chi connectivity index (χ1n) is 4.81. The fraction of sp³-hybridized carbons (Fsp3) is 0.800. The van der Waals surface area contributed by atoms with Crippen molar-refractivity contribution in [2.75, 3.05) is 0 Å². The van der Waals surface area contributed by atoms with Gasteiger partial charge in [0, 0.05) is 18.4 Å². The van der Waals surface area contributed by atoms with Crippen LogP contribution in [0.3, 0.4) is 0 Å². The molecule has 0 saturated carbocycles. The van der Waals surface area contributed by atoms with Gasteiger partial charge in [0.25, 0.3) is 0 Å². The maximum Gasteiger partial charge on any atom is 0.233 e. The third-order valence-corrected chi connectivity index (χ3v) is 2.54. The molecule has 2 amide bonds. The number of carbonyl (C=O) groups is 2. The van der Waals surface area contributed by atoms with Crippen molar-refractivity contribution < 1.29 is 9.59 Å². The Morgan fingerprint density at radius 3 is 2.00 bits per heavy atom. The van der Waals surface area contributed by atoms with E-state index in [9.17, 15) is 9.59 Å². The molecule has 1 fully saturated rings. The lowest BCUT2D eigenvalue weighted by molar-refractivity contribution is -0.141. The zero-order chi connectivity index (χ0) is 10.2. The highest BCUT2D eigenvalue weighted by atomic mass is 16.2. The smallest absolute Gasteiger partial charge is 0.233 e. The molecular weight excluding hydrogens is 166 g/mol. The Labute approximate surface area is 79.1 Å². The third kappa shape index (κ3) is 1.74. The highest BCUT2D eigenvalue weighted by molar-refractivity contribution is 6.03. The molecule has 1 saturated heterocycles. The first-order chi connectivity index (χ1) is 5.95. The lowest BCUT2D eigenvalue weighted by Gasteiger charge is -2.19. The fourth-order valence-corrected chi connectivity index (χ4v) is 1.74. The number of hydrogen-bond acceptors (Lipinski definition) is 2. The minimum atomic E-state index is -0.0881. The van der Waals surface area contributed by atoms with Crippen LogP contribution in [-0.4, -0.2) is 22.8 Å². The van der Waals surface area contributed by atoms with E-state index in [1.807, 2.05) is 27.7 Å². The molecule has 0 aromatic heterocycles. The molecule has 0 N–H and O–H groups in total. The van der Waals surface area contributed by atoms with Crippen LogP contribution in [0.25, 0.3) is 0 Å². The molecule has 0 bridgehead atoms. The molecule has 1 aliphatic heterocycles. The summed E-state index contributed by atoms with van der Waals surface area (Å²) in [5.74, 6) is 0.170. The molecule has 1 atom stereocenters. The topological polar surface area (TPSA) is 37.4 Å². The molecule has 1 unspecified atom stereocenters. The van der Waals surface area contributed by atoms with Gasteiger partial charge in [0.1, 0.15) is 0 Å². The number of imide groups is 1. The summed E-state index contributed by atoms with van der Waals surface area (Å²) in [6.07, 6.45) is 0.397. The highest BCUT2D eigenvalue weighted by Gasteiger charge is 2.40. The van der Waals surface area contributed by atoms with Crippen LogP contribution in [0.2, 0.25) is 0 Å². The van der Waals surface area contributed by atoms with Crippen molar-refractivity contribution in [3.05, 3.63) is 0 Å². The van der Waals surface area contributed by atoms with E-state index >= 15 is 0 Å². The van der Waals surface area contributed by atoms with Gasteiger partial charge in [-0.25, -0.2) is 0 Å². The summed E-state index contributed by atoms with van der Waals surface area (Å²) in [6.45, 7) is 7.72. The lowest BCUT2D eigenvalue weighted by Crippen LogP contribution is -2.37. The number of amides is 2. The van der Waals surface area contributed by atoms with Crippen molar-refractivity contribution in [2.45, 2.75) is 40.2 Å². The largest absolute Gasteiger partial charge is 0.280 e. The molecule has 1 heterocycles.